The highest BCUT2D eigenvalue weighted by Crippen LogP contribution is 2.30. The van der Waals surface area contributed by atoms with E-state index < -0.39 is 6.09 Å². The molecule has 0 aliphatic carbocycles. The number of hydrogen-bond acceptors (Lipinski definition) is 2. The van der Waals surface area contributed by atoms with Gasteiger partial charge in [-0.25, -0.2) is 4.79 Å². The van der Waals surface area contributed by atoms with Gasteiger partial charge in [-0.2, -0.15) is 0 Å². The molecule has 18 heavy (non-hydrogen) atoms. The minimum atomic E-state index is -0.939. The summed E-state index contributed by atoms with van der Waals surface area (Å²) in [5, 5.41) is 9.35. The summed E-state index contributed by atoms with van der Waals surface area (Å²) in [4.78, 5) is 14.9. The first-order valence-corrected chi connectivity index (χ1v) is 5.96. The fourth-order valence-corrected chi connectivity index (χ4v) is 2.41. The van der Waals surface area contributed by atoms with Crippen LogP contribution in [0, 0.1) is 0 Å². The maximum absolute atomic E-state index is 11.4. The first-order valence-electron chi connectivity index (χ1n) is 5.96. The van der Waals surface area contributed by atoms with Gasteiger partial charge in [0.1, 0.15) is 0 Å². The van der Waals surface area contributed by atoms with E-state index in [-0.39, 0.29) is 0 Å². The Morgan fingerprint density at radius 2 is 2.06 bits per heavy atom. The van der Waals surface area contributed by atoms with Crippen LogP contribution in [-0.2, 0) is 6.54 Å². The van der Waals surface area contributed by atoms with Gasteiger partial charge < -0.3 is 10.0 Å². The molecule has 2 aliphatic heterocycles. The van der Waals surface area contributed by atoms with Crippen LogP contribution in [0.1, 0.15) is 12.0 Å². The number of fused-ring (bicyclic) bond motifs is 2. The predicted octanol–water partition coefficient (Wildman–Crippen LogP) is 2.79. The third-order valence-electron chi connectivity index (χ3n) is 3.32. The number of carboxylic acid groups (broad SMARTS) is 1. The van der Waals surface area contributed by atoms with Gasteiger partial charge in [0.25, 0.3) is 0 Å². The summed E-state index contributed by atoms with van der Waals surface area (Å²) >= 11 is 0. The van der Waals surface area contributed by atoms with Crippen molar-refractivity contribution in [1.82, 2.24) is 4.90 Å². The molecule has 1 amide bonds. The van der Waals surface area contributed by atoms with Crippen LogP contribution in [0.25, 0.3) is 0 Å². The van der Waals surface area contributed by atoms with Crippen molar-refractivity contribution in [3.05, 3.63) is 53.9 Å². The molecule has 1 N–H and O–H groups in total. The van der Waals surface area contributed by atoms with Crippen molar-refractivity contribution in [1.29, 1.82) is 0 Å². The molecule has 0 fully saturated rings. The van der Waals surface area contributed by atoms with Crippen LogP contribution in [-0.4, -0.2) is 22.6 Å². The Morgan fingerprint density at radius 3 is 2.89 bits per heavy atom. The molecule has 0 bridgehead atoms. The van der Waals surface area contributed by atoms with Gasteiger partial charge in [0, 0.05) is 31.4 Å². The van der Waals surface area contributed by atoms with Gasteiger partial charge in [-0.15, -0.1) is 0 Å². The number of amides is 1. The molecule has 92 valence electrons. The minimum absolute atomic E-state index is 0.756. The summed E-state index contributed by atoms with van der Waals surface area (Å²) in [6.45, 7) is 1.60. The predicted molar refractivity (Wildman–Crippen MR) is 69.2 cm³/mol. The lowest BCUT2D eigenvalue weighted by Gasteiger charge is -2.27. The van der Waals surface area contributed by atoms with Crippen LogP contribution in [0.4, 0.5) is 10.5 Å². The summed E-state index contributed by atoms with van der Waals surface area (Å²) in [5.41, 5.74) is 2.85. The monoisotopic (exact) mass is 242 g/mol. The number of benzene rings is 1. The summed E-state index contributed by atoms with van der Waals surface area (Å²) in [7, 11) is 0. The van der Waals surface area contributed by atoms with Crippen LogP contribution in [0.3, 0.4) is 0 Å². The Bertz CT molecular complexity index is 548. The van der Waals surface area contributed by atoms with E-state index in [4.69, 9.17) is 0 Å². The van der Waals surface area contributed by atoms with Gasteiger partial charge >= 0.3 is 6.09 Å². The Hall–Kier alpha value is -2.23. The van der Waals surface area contributed by atoms with Gasteiger partial charge in [-0.3, -0.25) is 4.90 Å². The molecule has 4 heteroatoms. The van der Waals surface area contributed by atoms with E-state index in [2.05, 4.69) is 17.1 Å². The molecule has 0 saturated carbocycles. The van der Waals surface area contributed by atoms with Gasteiger partial charge in [0.15, 0.2) is 0 Å². The largest absolute Gasteiger partial charge is 0.464 e. The summed E-state index contributed by atoms with van der Waals surface area (Å²) in [6.07, 6.45) is 5.79. The maximum atomic E-state index is 11.4. The number of nitrogens with zero attached hydrogens (tertiary/aromatic N) is 2. The zero-order chi connectivity index (χ0) is 12.5. The van der Waals surface area contributed by atoms with Crippen molar-refractivity contribution < 1.29 is 9.90 Å². The van der Waals surface area contributed by atoms with E-state index in [0.29, 0.717) is 0 Å². The van der Waals surface area contributed by atoms with Gasteiger partial charge in [0.2, 0.25) is 0 Å². The average Bonchev–Trinajstić information content (AvgIpc) is 2.55. The summed E-state index contributed by atoms with van der Waals surface area (Å²) < 4.78 is 0. The Balaban J connectivity index is 2.11. The molecule has 2 aliphatic rings. The Morgan fingerprint density at radius 1 is 1.22 bits per heavy atom. The van der Waals surface area contributed by atoms with E-state index >= 15 is 0 Å². The third kappa shape index (κ3) is 1.76. The van der Waals surface area contributed by atoms with Crippen LogP contribution in [0.2, 0.25) is 0 Å². The highest BCUT2D eigenvalue weighted by Gasteiger charge is 2.23. The quantitative estimate of drug-likeness (QED) is 0.711. The van der Waals surface area contributed by atoms with Crippen LogP contribution < -0.4 is 4.90 Å². The lowest BCUT2D eigenvalue weighted by atomic mass is 10.1. The topological polar surface area (TPSA) is 43.8 Å². The molecule has 0 unspecified atom stereocenters. The zero-order valence-electron chi connectivity index (χ0n) is 9.91. The van der Waals surface area contributed by atoms with E-state index in [0.717, 1.165) is 36.5 Å². The molecule has 3 rings (SSSR count). The average molecular weight is 242 g/mol. The lowest BCUT2D eigenvalue weighted by molar-refractivity contribution is 0.204. The van der Waals surface area contributed by atoms with E-state index in [9.17, 15) is 9.90 Å². The second-order valence-corrected chi connectivity index (χ2v) is 4.46. The fourth-order valence-electron chi connectivity index (χ4n) is 2.41. The number of para-hydroxylation sites is 1. The molecule has 2 heterocycles. The van der Waals surface area contributed by atoms with Crippen molar-refractivity contribution >= 4 is 11.8 Å². The Kier molecular flexibility index (Phi) is 2.55. The highest BCUT2D eigenvalue weighted by molar-refractivity contribution is 5.89. The van der Waals surface area contributed by atoms with Crippen molar-refractivity contribution in [3.8, 4) is 0 Å². The maximum Gasteiger partial charge on any atom is 0.416 e. The number of rotatable bonds is 0. The van der Waals surface area contributed by atoms with Crippen molar-refractivity contribution in [2.75, 3.05) is 11.4 Å². The van der Waals surface area contributed by atoms with Gasteiger partial charge in [-0.05, 0) is 11.6 Å². The molecular weight excluding hydrogens is 228 g/mol. The number of anilines is 1. The standard InChI is InChI=1S/C14H14N2O2/c17-14(18)16-10-12-6-3-4-8-15(12)9-11-5-1-2-7-13(11)16/h1-5,7,10H,6,8-9H2,(H,17,18). The lowest BCUT2D eigenvalue weighted by Crippen LogP contribution is -2.26. The molecule has 0 spiro atoms. The third-order valence-corrected chi connectivity index (χ3v) is 3.32. The van der Waals surface area contributed by atoms with Crippen molar-refractivity contribution in [2.24, 2.45) is 0 Å². The molecule has 0 aromatic heterocycles. The molecule has 1 aromatic rings. The molecule has 0 atom stereocenters. The van der Waals surface area contributed by atoms with Gasteiger partial charge in [0.05, 0.1) is 5.69 Å². The second kappa shape index (κ2) is 4.22. The number of hydrogen-bond donors (Lipinski definition) is 1. The smallest absolute Gasteiger partial charge is 0.416 e. The first kappa shape index (κ1) is 10.9. The highest BCUT2D eigenvalue weighted by atomic mass is 16.4. The van der Waals surface area contributed by atoms with E-state index in [1.54, 1.807) is 6.20 Å². The van der Waals surface area contributed by atoms with E-state index in [1.807, 2.05) is 24.3 Å². The normalized spacial score (nSPS) is 17.7. The SMILES string of the molecule is O=C(O)N1C=C2CC=CCN2Cc2ccccc21. The molecular formula is C14H14N2O2. The summed E-state index contributed by atoms with van der Waals surface area (Å²) in [5.74, 6) is 0. The van der Waals surface area contributed by atoms with Gasteiger partial charge in [-0.1, -0.05) is 30.4 Å². The van der Waals surface area contributed by atoms with Crippen molar-refractivity contribution in [2.45, 2.75) is 13.0 Å². The number of allylic oxidation sites excluding steroid dienone is 1. The molecule has 1 aromatic carbocycles. The van der Waals surface area contributed by atoms with E-state index in [1.165, 1.54) is 4.90 Å². The molecule has 0 radical (unpaired) electrons. The van der Waals surface area contributed by atoms with Crippen LogP contribution >= 0.6 is 0 Å². The Labute approximate surface area is 105 Å². The zero-order valence-corrected chi connectivity index (χ0v) is 9.91. The number of carbonyl (C=O) groups is 1. The summed E-state index contributed by atoms with van der Waals surface area (Å²) in [6, 6.07) is 7.66. The second-order valence-electron chi connectivity index (χ2n) is 4.46. The minimum Gasteiger partial charge on any atom is -0.464 e. The van der Waals surface area contributed by atoms with Crippen LogP contribution in [0.15, 0.2) is 48.3 Å². The fraction of sp³-hybridized carbons (Fsp3) is 0.214. The van der Waals surface area contributed by atoms with Crippen molar-refractivity contribution in [3.63, 3.8) is 0 Å². The molecule has 4 nitrogen and oxygen atoms in total. The first-order chi connectivity index (χ1) is 8.75. The van der Waals surface area contributed by atoms with Crippen LogP contribution in [0.5, 0.6) is 0 Å². The molecule has 0 saturated heterocycles.